The molecule has 0 aliphatic rings. The van der Waals surface area contributed by atoms with Crippen molar-refractivity contribution in [2.45, 2.75) is 0 Å². The van der Waals surface area contributed by atoms with Crippen LogP contribution < -0.4 is 0 Å². The van der Waals surface area contributed by atoms with Crippen LogP contribution in [0.25, 0.3) is 0 Å². The molecule has 0 fully saturated rings. The van der Waals surface area contributed by atoms with Crippen LogP contribution in [-0.4, -0.2) is 0 Å². The topological polar surface area (TPSA) is 0 Å². The van der Waals surface area contributed by atoms with Gasteiger partial charge in [-0.2, -0.15) is 0 Å². The van der Waals surface area contributed by atoms with Gasteiger partial charge in [0.15, 0.2) is 0 Å². The van der Waals surface area contributed by atoms with Gasteiger partial charge in [0.05, 0.1) is 0 Å². The summed E-state index contributed by atoms with van der Waals surface area (Å²) in [7, 11) is 0. The summed E-state index contributed by atoms with van der Waals surface area (Å²) in [5, 5.41) is 0. The summed E-state index contributed by atoms with van der Waals surface area (Å²) < 4.78 is 0. The first-order chi connectivity index (χ1) is 1.73. The molecule has 0 unspecified atom stereocenters. The fourth-order valence-corrected chi connectivity index (χ4v) is 0. The second-order valence-corrected chi connectivity index (χ2v) is 43.1. The maximum absolute atomic E-state index is 2.47. The third-order valence-electron chi connectivity index (χ3n) is 0. The van der Waals surface area contributed by atoms with Crippen LogP contribution in [0.1, 0.15) is 0 Å². The number of hydrogen-bond donors (Lipinski definition) is 0. The Balaban J connectivity index is 2.32. The Bertz CT molecular complexity index is 8.00. The van der Waals surface area contributed by atoms with Crippen LogP contribution in [0, 0.1) is 0 Å². The van der Waals surface area contributed by atoms with Crippen molar-refractivity contribution in [2.24, 2.45) is 0 Å². The van der Waals surface area contributed by atoms with Crippen LogP contribution in [0.2, 0.25) is 0 Å². The minimum absolute atomic E-state index is 0.353. The molecule has 0 rings (SSSR count). The van der Waals surface area contributed by atoms with Gasteiger partial charge in [0.2, 0.25) is 0 Å². The van der Waals surface area contributed by atoms with Crippen LogP contribution in [0.3, 0.4) is 0 Å². The maximum atomic E-state index is 2.47. The van der Waals surface area contributed by atoms with Crippen LogP contribution in [0.4, 0.5) is 0 Å². The number of hydrogen-bond acceptors (Lipinski definition) is 0. The first kappa shape index (κ1) is 6.84. The molecular formula is I3Tc. The summed E-state index contributed by atoms with van der Waals surface area (Å²) in [4.78, 5) is 0. The van der Waals surface area contributed by atoms with E-state index in [1.807, 2.05) is 0 Å². The third-order valence-corrected chi connectivity index (χ3v) is 0. The van der Waals surface area contributed by atoms with E-state index in [9.17, 15) is 0 Å². The van der Waals surface area contributed by atoms with Crippen molar-refractivity contribution in [2.75, 3.05) is 0 Å². The van der Waals surface area contributed by atoms with Crippen LogP contribution >= 0.6 is 58.8 Å². The molecule has 0 heterocycles. The molecule has 0 aromatic rings. The van der Waals surface area contributed by atoms with E-state index in [0.717, 1.165) is 0 Å². The average Bonchev–Trinajstić information content (AvgIpc) is 0.811. The molecule has 0 atom stereocenters. The molecule has 0 radical (unpaired) electrons. The van der Waals surface area contributed by atoms with Gasteiger partial charge in [-0.05, 0) is 0 Å². The van der Waals surface area contributed by atoms with Gasteiger partial charge in [-0.3, -0.25) is 0 Å². The Morgan fingerprint density at radius 2 is 1.00 bits per heavy atom. The Labute approximate surface area is 62.8 Å². The van der Waals surface area contributed by atoms with E-state index in [1.54, 1.807) is 0 Å². The van der Waals surface area contributed by atoms with Crippen LogP contribution in [0.5, 0.6) is 0 Å². The van der Waals surface area contributed by atoms with E-state index >= 15 is 0 Å². The van der Waals surface area contributed by atoms with Crippen molar-refractivity contribution < 1.29 is 5.75 Å². The first-order valence-corrected chi connectivity index (χ1v) is 17.0. The second kappa shape index (κ2) is 4.01. The first-order valence-electron chi connectivity index (χ1n) is 0.429. The van der Waals surface area contributed by atoms with E-state index in [2.05, 4.69) is 58.8 Å². The van der Waals surface area contributed by atoms with Crippen molar-refractivity contribution in [1.29, 1.82) is 0 Å². The normalized spacial score (nSPS) is 11.2. The quantitative estimate of drug-likeness (QED) is 0.470. The molecule has 0 aliphatic carbocycles. The molecule has 0 nitrogen and oxygen atoms in total. The Morgan fingerprint density at radius 3 is 1.00 bits per heavy atom. The summed E-state index contributed by atoms with van der Waals surface area (Å²) >= 11 is 7.42. The zero-order chi connectivity index (χ0) is 3.58. The van der Waals surface area contributed by atoms with E-state index in [0.29, 0.717) is 0 Å². The zero-order valence-corrected chi connectivity index (χ0v) is 9.84. The Kier molecular flexibility index (Phi) is 6.86. The molecule has 0 saturated carbocycles. The van der Waals surface area contributed by atoms with Crippen molar-refractivity contribution in [1.82, 2.24) is 0 Å². The summed E-state index contributed by atoms with van der Waals surface area (Å²) in [5.74, 6) is -0.353. The molecule has 0 N–H and O–H groups in total. The minimum atomic E-state index is -0.353. The third kappa shape index (κ3) is 8.85. The fourth-order valence-electron chi connectivity index (χ4n) is 0. The molecular weight excluding hydrogens is 479 g/mol. The van der Waals surface area contributed by atoms with Crippen molar-refractivity contribution in [3.8, 4) is 0 Å². The second-order valence-electron chi connectivity index (χ2n) is 0.162. The molecule has 0 amide bonds. The molecule has 0 saturated heterocycles. The molecule has 0 aromatic heterocycles. The van der Waals surface area contributed by atoms with Gasteiger partial charge in [-0.15, -0.1) is 0 Å². The zero-order valence-electron chi connectivity index (χ0n) is 1.51. The number of halogens is 3. The molecule has 0 aromatic carbocycles. The molecule has 4 heteroatoms. The summed E-state index contributed by atoms with van der Waals surface area (Å²) in [6, 6.07) is 0. The SMILES string of the molecule is [I][Tc]([I])[I]. The van der Waals surface area contributed by atoms with Gasteiger partial charge in [0, 0.05) is 0 Å². The molecule has 0 bridgehead atoms. The molecule has 4 heavy (non-hydrogen) atoms. The van der Waals surface area contributed by atoms with E-state index in [4.69, 9.17) is 0 Å². The molecule has 0 spiro atoms. The van der Waals surface area contributed by atoms with Gasteiger partial charge < -0.3 is 0 Å². The monoisotopic (exact) mass is 478 g/mol. The fraction of sp³-hybridized carbons (Fsp3) is 0. The Morgan fingerprint density at radius 1 is 1.00 bits per heavy atom. The number of rotatable bonds is 0. The average molecular weight is 479 g/mol. The van der Waals surface area contributed by atoms with E-state index < -0.39 is 0 Å². The van der Waals surface area contributed by atoms with Gasteiger partial charge in [0.25, 0.3) is 0 Å². The van der Waals surface area contributed by atoms with Crippen molar-refractivity contribution >= 4 is 58.8 Å². The predicted molar refractivity (Wildman–Crippen MR) is 42.1 cm³/mol. The summed E-state index contributed by atoms with van der Waals surface area (Å²) in [5.41, 5.74) is 0. The predicted octanol–water partition coefficient (Wildman–Crippen LogP) is 2.65. The Hall–Kier alpha value is 2.84. The molecule has 0 aliphatic heterocycles. The standard InChI is InChI=1S/3HI.Tc/h3*1H;/q;;;+3/p-3. The summed E-state index contributed by atoms with van der Waals surface area (Å²) in [6.45, 7) is 0. The van der Waals surface area contributed by atoms with Gasteiger partial charge >= 0.3 is 64.5 Å². The van der Waals surface area contributed by atoms with Crippen molar-refractivity contribution in [3.05, 3.63) is 0 Å². The van der Waals surface area contributed by atoms with Crippen LogP contribution in [-0.2, 0) is 5.75 Å². The molecule has 28 valence electrons. The van der Waals surface area contributed by atoms with E-state index in [1.165, 1.54) is 0 Å². The van der Waals surface area contributed by atoms with Crippen LogP contribution in [0.15, 0.2) is 0 Å². The summed E-state index contributed by atoms with van der Waals surface area (Å²) in [6.07, 6.45) is 0. The van der Waals surface area contributed by atoms with E-state index in [-0.39, 0.29) is 5.75 Å². The van der Waals surface area contributed by atoms with Gasteiger partial charge in [-0.25, -0.2) is 0 Å². The van der Waals surface area contributed by atoms with Gasteiger partial charge in [-0.1, -0.05) is 0 Å². The van der Waals surface area contributed by atoms with Gasteiger partial charge in [0.1, 0.15) is 0 Å². The van der Waals surface area contributed by atoms with Crippen molar-refractivity contribution in [3.63, 3.8) is 0 Å².